The van der Waals surface area contributed by atoms with Crippen LogP contribution >= 0.6 is 0 Å². The van der Waals surface area contributed by atoms with Crippen LogP contribution < -0.4 is 9.80 Å². The zero-order valence-electron chi connectivity index (χ0n) is 16.4. The quantitative estimate of drug-likeness (QED) is 0.838. The first-order valence-electron chi connectivity index (χ1n) is 10.8. The molecule has 4 nitrogen and oxygen atoms in total. The molecule has 4 heteroatoms. The van der Waals surface area contributed by atoms with Gasteiger partial charge < -0.3 is 20.0 Å². The second-order valence-corrected chi connectivity index (χ2v) is 8.50. The van der Waals surface area contributed by atoms with Gasteiger partial charge in [0, 0.05) is 49.6 Å². The Bertz CT molecular complexity index is 835. The van der Waals surface area contributed by atoms with E-state index in [4.69, 9.17) is 0 Å². The lowest BCUT2D eigenvalue weighted by molar-refractivity contribution is 0.299. The monoisotopic (exact) mass is 378 g/mol. The minimum atomic E-state index is 0.203. The number of fused-ring (bicyclic) bond motifs is 6. The fourth-order valence-corrected chi connectivity index (χ4v) is 5.80. The minimum Gasteiger partial charge on any atom is -0.396 e. The lowest BCUT2D eigenvalue weighted by Gasteiger charge is -2.44. The predicted octanol–water partition coefficient (Wildman–Crippen LogP) is 3.31. The number of aliphatic hydroxyl groups excluding tert-OH is 2. The van der Waals surface area contributed by atoms with E-state index >= 15 is 0 Å². The maximum Gasteiger partial charge on any atom is 0.0611 e. The van der Waals surface area contributed by atoms with Crippen LogP contribution in [-0.4, -0.2) is 42.6 Å². The Hall–Kier alpha value is -2.04. The van der Waals surface area contributed by atoms with Crippen LogP contribution in [0.4, 0.5) is 11.4 Å². The summed E-state index contributed by atoms with van der Waals surface area (Å²) in [6.07, 6.45) is 5.29. The summed E-state index contributed by atoms with van der Waals surface area (Å²) in [6.45, 7) is 2.69. The highest BCUT2D eigenvalue weighted by Crippen LogP contribution is 2.52. The second kappa shape index (κ2) is 7.41. The van der Waals surface area contributed by atoms with E-state index in [1.165, 1.54) is 53.9 Å². The fourth-order valence-electron chi connectivity index (χ4n) is 5.80. The summed E-state index contributed by atoms with van der Waals surface area (Å²) < 4.78 is 0. The molecule has 148 valence electrons. The first-order chi connectivity index (χ1) is 13.8. The summed E-state index contributed by atoms with van der Waals surface area (Å²) in [4.78, 5) is 5.26. The van der Waals surface area contributed by atoms with Crippen LogP contribution in [0.3, 0.4) is 0 Å². The van der Waals surface area contributed by atoms with Gasteiger partial charge in [0.25, 0.3) is 0 Å². The molecule has 3 heterocycles. The molecule has 0 saturated carbocycles. The van der Waals surface area contributed by atoms with Crippen molar-refractivity contribution in [3.63, 3.8) is 0 Å². The van der Waals surface area contributed by atoms with Crippen molar-refractivity contribution in [2.24, 2.45) is 5.92 Å². The van der Waals surface area contributed by atoms with Crippen molar-refractivity contribution < 1.29 is 10.2 Å². The summed E-state index contributed by atoms with van der Waals surface area (Å²) in [6, 6.07) is 16.8. The van der Waals surface area contributed by atoms with Crippen LogP contribution in [0.5, 0.6) is 0 Å². The molecule has 0 aliphatic carbocycles. The molecule has 2 aromatic rings. The molecule has 2 aromatic carbocycles. The van der Waals surface area contributed by atoms with Crippen LogP contribution in [0.25, 0.3) is 0 Å². The van der Waals surface area contributed by atoms with Gasteiger partial charge in [0.1, 0.15) is 0 Å². The van der Waals surface area contributed by atoms with Crippen LogP contribution in [0.15, 0.2) is 42.5 Å². The number of hydrogen-bond donors (Lipinski definition) is 2. The number of aliphatic hydroxyl groups is 2. The molecular formula is C24H30N2O2. The van der Waals surface area contributed by atoms with Crippen molar-refractivity contribution in [3.8, 4) is 0 Å². The average Bonchev–Trinajstić information content (AvgIpc) is 3.36. The highest BCUT2D eigenvalue weighted by molar-refractivity contribution is 5.65. The zero-order valence-corrected chi connectivity index (χ0v) is 16.4. The maximum absolute atomic E-state index is 9.38. The van der Waals surface area contributed by atoms with E-state index in [9.17, 15) is 10.2 Å². The Morgan fingerprint density at radius 1 is 0.821 bits per heavy atom. The maximum atomic E-state index is 9.38. The van der Waals surface area contributed by atoms with Gasteiger partial charge in [0.15, 0.2) is 0 Å². The number of nitrogens with zero attached hydrogens (tertiary/aromatic N) is 2. The van der Waals surface area contributed by atoms with Crippen molar-refractivity contribution >= 4 is 11.4 Å². The fraction of sp³-hybridized carbons (Fsp3) is 0.500. The number of hydrogen-bond acceptors (Lipinski definition) is 4. The highest BCUT2D eigenvalue weighted by Gasteiger charge is 2.48. The Balaban J connectivity index is 1.53. The summed E-state index contributed by atoms with van der Waals surface area (Å²) >= 11 is 0. The van der Waals surface area contributed by atoms with Gasteiger partial charge >= 0.3 is 0 Å². The number of benzene rings is 2. The topological polar surface area (TPSA) is 46.9 Å². The van der Waals surface area contributed by atoms with Crippen LogP contribution in [0, 0.1) is 5.92 Å². The molecular weight excluding hydrogens is 348 g/mol. The summed E-state index contributed by atoms with van der Waals surface area (Å²) in [5, 5.41) is 18.6. The van der Waals surface area contributed by atoms with E-state index in [-0.39, 0.29) is 13.2 Å². The van der Waals surface area contributed by atoms with Gasteiger partial charge in [-0.3, -0.25) is 0 Å². The van der Waals surface area contributed by atoms with Gasteiger partial charge in [0.05, 0.1) is 6.04 Å². The zero-order chi connectivity index (χ0) is 19.1. The average molecular weight is 379 g/mol. The third-order valence-electron chi connectivity index (χ3n) is 7.03. The Morgan fingerprint density at radius 3 is 2.36 bits per heavy atom. The van der Waals surface area contributed by atoms with Crippen LogP contribution in [-0.2, 0) is 12.8 Å². The summed E-state index contributed by atoms with van der Waals surface area (Å²) in [7, 11) is 0. The molecule has 3 aliphatic heterocycles. The number of anilines is 2. The molecule has 0 radical (unpaired) electrons. The molecule has 2 fully saturated rings. The number of rotatable bonds is 5. The van der Waals surface area contributed by atoms with Crippen molar-refractivity contribution in [1.29, 1.82) is 0 Å². The third kappa shape index (κ3) is 2.90. The van der Waals surface area contributed by atoms with Gasteiger partial charge in [-0.1, -0.05) is 24.3 Å². The van der Waals surface area contributed by atoms with Crippen molar-refractivity contribution in [2.75, 3.05) is 36.1 Å². The van der Waals surface area contributed by atoms with Gasteiger partial charge in [-0.15, -0.1) is 0 Å². The molecule has 0 spiro atoms. The standard InChI is InChI=1S/C24H30N2O2/c27-14-10-17-3-6-19(7-4-17)25-13-9-21-22-2-1-12-26(22)23-16-18(11-15-28)5-8-20(23)24(21)25/h3-8,16,21-22,24,27-28H,1-2,9-15H2/t21-,22+,24+/m0/s1. The van der Waals surface area contributed by atoms with Crippen molar-refractivity contribution in [3.05, 3.63) is 59.2 Å². The van der Waals surface area contributed by atoms with Crippen molar-refractivity contribution in [2.45, 2.75) is 44.2 Å². The van der Waals surface area contributed by atoms with Gasteiger partial charge in [0.2, 0.25) is 0 Å². The molecule has 5 rings (SSSR count). The minimum absolute atomic E-state index is 0.203. The van der Waals surface area contributed by atoms with E-state index in [2.05, 4.69) is 52.3 Å². The molecule has 28 heavy (non-hydrogen) atoms. The largest absolute Gasteiger partial charge is 0.396 e. The molecule has 0 amide bonds. The van der Waals surface area contributed by atoms with E-state index in [0.717, 1.165) is 19.4 Å². The lowest BCUT2D eigenvalue weighted by Crippen LogP contribution is -2.44. The Labute approximate surface area is 167 Å². The molecule has 0 unspecified atom stereocenters. The molecule has 2 saturated heterocycles. The third-order valence-corrected chi connectivity index (χ3v) is 7.03. The molecule has 2 N–H and O–H groups in total. The SMILES string of the molecule is OCCc1ccc(N2CC[C@H]3[C@H]4CCCN4c4cc(CCO)ccc4[C@H]32)cc1. The Kier molecular flexibility index (Phi) is 4.77. The Morgan fingerprint density at radius 2 is 1.57 bits per heavy atom. The van der Waals surface area contributed by atoms with E-state index in [0.29, 0.717) is 18.0 Å². The molecule has 3 aliphatic rings. The predicted molar refractivity (Wildman–Crippen MR) is 113 cm³/mol. The molecule has 0 aromatic heterocycles. The molecule has 0 bridgehead atoms. The van der Waals surface area contributed by atoms with Crippen LogP contribution in [0.1, 0.15) is 42.0 Å². The molecule has 3 atom stereocenters. The first-order valence-corrected chi connectivity index (χ1v) is 10.8. The summed E-state index contributed by atoms with van der Waals surface area (Å²) in [5.74, 6) is 0.691. The van der Waals surface area contributed by atoms with Crippen molar-refractivity contribution in [1.82, 2.24) is 0 Å². The van der Waals surface area contributed by atoms with Crippen LogP contribution in [0.2, 0.25) is 0 Å². The summed E-state index contributed by atoms with van der Waals surface area (Å²) in [5.41, 5.74) is 6.59. The van der Waals surface area contributed by atoms with Gasteiger partial charge in [-0.05, 0) is 67.0 Å². The highest BCUT2D eigenvalue weighted by atomic mass is 16.3. The second-order valence-electron chi connectivity index (χ2n) is 8.50. The van der Waals surface area contributed by atoms with Gasteiger partial charge in [-0.2, -0.15) is 0 Å². The smallest absolute Gasteiger partial charge is 0.0611 e. The first kappa shape index (κ1) is 18.0. The lowest BCUT2D eigenvalue weighted by atomic mass is 9.81. The van der Waals surface area contributed by atoms with E-state index in [1.807, 2.05) is 0 Å². The van der Waals surface area contributed by atoms with E-state index < -0.39 is 0 Å². The van der Waals surface area contributed by atoms with Gasteiger partial charge in [-0.25, -0.2) is 0 Å². The van der Waals surface area contributed by atoms with E-state index in [1.54, 1.807) is 0 Å². The normalized spacial score (nSPS) is 25.6.